The lowest BCUT2D eigenvalue weighted by molar-refractivity contribution is 0.0256. The summed E-state index contributed by atoms with van der Waals surface area (Å²) < 4.78 is 46.3. The van der Waals surface area contributed by atoms with Crippen LogP contribution >= 0.6 is 0 Å². The van der Waals surface area contributed by atoms with Gasteiger partial charge in [0.2, 0.25) is 0 Å². The first-order chi connectivity index (χ1) is 12.7. The van der Waals surface area contributed by atoms with Gasteiger partial charge in [-0.2, -0.15) is 0 Å². The zero-order chi connectivity index (χ0) is 19.8. The van der Waals surface area contributed by atoms with Crippen LogP contribution in [0.2, 0.25) is 0 Å². The first kappa shape index (κ1) is 18.9. The zero-order valence-electron chi connectivity index (χ0n) is 15.0. The summed E-state index contributed by atoms with van der Waals surface area (Å²) in [7, 11) is 0. The molecule has 0 radical (unpaired) electrons. The van der Waals surface area contributed by atoms with Crippen molar-refractivity contribution in [2.75, 3.05) is 23.7 Å². The van der Waals surface area contributed by atoms with E-state index in [4.69, 9.17) is 15.9 Å². The van der Waals surface area contributed by atoms with Crippen LogP contribution in [-0.4, -0.2) is 40.8 Å². The van der Waals surface area contributed by atoms with Crippen LogP contribution in [-0.2, 0) is 0 Å². The van der Waals surface area contributed by atoms with E-state index >= 15 is 0 Å². The minimum atomic E-state index is -2.76. The smallest absolute Gasteiger partial charge is 0.266 e. The van der Waals surface area contributed by atoms with Gasteiger partial charge in [-0.1, -0.05) is 0 Å². The van der Waals surface area contributed by atoms with Gasteiger partial charge in [-0.3, -0.25) is 5.41 Å². The summed E-state index contributed by atoms with van der Waals surface area (Å²) in [5.41, 5.74) is 6.29. The molecule has 0 unspecified atom stereocenters. The van der Waals surface area contributed by atoms with E-state index in [0.717, 1.165) is 6.07 Å². The maximum absolute atomic E-state index is 14.0. The Morgan fingerprint density at radius 1 is 1.30 bits per heavy atom. The van der Waals surface area contributed by atoms with Crippen LogP contribution in [0.1, 0.15) is 31.5 Å². The van der Waals surface area contributed by atoms with Gasteiger partial charge in [-0.15, -0.1) is 0 Å². The van der Waals surface area contributed by atoms with Gasteiger partial charge >= 0.3 is 0 Å². The lowest BCUT2D eigenvalue weighted by Gasteiger charge is -2.18. The fourth-order valence-corrected chi connectivity index (χ4v) is 2.86. The Bertz CT molecular complexity index is 872. The van der Waals surface area contributed by atoms with Gasteiger partial charge in [0.1, 0.15) is 12.1 Å². The quantitative estimate of drug-likeness (QED) is 0.615. The van der Waals surface area contributed by atoms with Crippen LogP contribution in [0.25, 0.3) is 0 Å². The monoisotopic (exact) mass is 379 g/mol. The molecule has 1 aromatic heterocycles. The third kappa shape index (κ3) is 4.12. The van der Waals surface area contributed by atoms with Crippen LogP contribution in [0.5, 0.6) is 5.75 Å². The number of nitrogens with two attached hydrogens (primary N) is 1. The Balaban J connectivity index is 1.91. The molecule has 1 aliphatic heterocycles. The molecule has 0 spiro atoms. The molecule has 2 heterocycles. The summed E-state index contributed by atoms with van der Waals surface area (Å²) in [6.07, 6.45) is 0.707. The molecule has 1 fully saturated rings. The first-order valence-electron chi connectivity index (χ1n) is 8.46. The van der Waals surface area contributed by atoms with Gasteiger partial charge in [0.15, 0.2) is 11.6 Å². The number of alkyl halides is 2. The molecule has 2 aromatic rings. The Kier molecular flexibility index (Phi) is 4.95. The van der Waals surface area contributed by atoms with E-state index in [2.05, 4.69) is 9.97 Å². The summed E-state index contributed by atoms with van der Waals surface area (Å²) in [6, 6.07) is 3.89. The van der Waals surface area contributed by atoms with Crippen LogP contribution in [0.4, 0.5) is 24.7 Å². The Labute approximate surface area is 154 Å². The van der Waals surface area contributed by atoms with E-state index in [1.165, 1.54) is 23.4 Å². The average molecular weight is 379 g/mol. The number of hydrogen-bond donors (Lipinski definition) is 2. The molecule has 0 bridgehead atoms. The number of aromatic nitrogens is 2. The molecule has 0 aliphatic carbocycles. The van der Waals surface area contributed by atoms with Crippen molar-refractivity contribution in [2.24, 2.45) is 0 Å². The summed E-state index contributed by atoms with van der Waals surface area (Å²) in [5.74, 6) is -3.10. The predicted molar refractivity (Wildman–Crippen MR) is 96.3 cm³/mol. The minimum absolute atomic E-state index is 0.0209. The number of nitrogen functional groups attached to an aromatic ring is 1. The summed E-state index contributed by atoms with van der Waals surface area (Å²) in [6.45, 7) is 3.25. The molecule has 3 N–H and O–H groups in total. The number of halogens is 3. The standard InChI is InChI=1S/C18H20F3N5O/c1-10(2)27-15-5-11(13(22)6-12(15)19)17(23)14-7-16(25-9-24-14)26-4-3-18(20,21)8-26/h5-7,9-10,23H,3-4,8,22H2,1-2H3. The number of anilines is 2. The molecule has 6 nitrogen and oxygen atoms in total. The maximum Gasteiger partial charge on any atom is 0.266 e. The largest absolute Gasteiger partial charge is 0.488 e. The highest BCUT2D eigenvalue weighted by Crippen LogP contribution is 2.31. The summed E-state index contributed by atoms with van der Waals surface area (Å²) in [5, 5.41) is 8.39. The summed E-state index contributed by atoms with van der Waals surface area (Å²) in [4.78, 5) is 9.51. The highest BCUT2D eigenvalue weighted by atomic mass is 19.3. The van der Waals surface area contributed by atoms with E-state index in [9.17, 15) is 13.2 Å². The van der Waals surface area contributed by atoms with Crippen molar-refractivity contribution in [1.29, 1.82) is 5.41 Å². The second-order valence-electron chi connectivity index (χ2n) is 6.70. The second-order valence-corrected chi connectivity index (χ2v) is 6.70. The molecule has 0 saturated carbocycles. The zero-order valence-corrected chi connectivity index (χ0v) is 15.0. The fraction of sp³-hybridized carbons (Fsp3) is 0.389. The van der Waals surface area contributed by atoms with E-state index in [1.54, 1.807) is 13.8 Å². The molecule has 1 saturated heterocycles. The molecule has 27 heavy (non-hydrogen) atoms. The normalized spacial score (nSPS) is 16.0. The lowest BCUT2D eigenvalue weighted by atomic mass is 10.0. The van der Waals surface area contributed by atoms with Crippen molar-refractivity contribution in [2.45, 2.75) is 32.3 Å². The predicted octanol–water partition coefficient (Wildman–Crippen LogP) is 3.25. The van der Waals surface area contributed by atoms with Crippen molar-refractivity contribution in [3.05, 3.63) is 41.6 Å². The van der Waals surface area contributed by atoms with Gasteiger partial charge < -0.3 is 15.4 Å². The van der Waals surface area contributed by atoms with E-state index in [1.807, 2.05) is 0 Å². The lowest BCUT2D eigenvalue weighted by Crippen LogP contribution is -2.26. The number of hydrogen-bond acceptors (Lipinski definition) is 6. The Morgan fingerprint density at radius 2 is 2.04 bits per heavy atom. The van der Waals surface area contributed by atoms with E-state index in [0.29, 0.717) is 5.82 Å². The summed E-state index contributed by atoms with van der Waals surface area (Å²) >= 11 is 0. The first-order valence-corrected chi connectivity index (χ1v) is 8.46. The molecule has 1 aliphatic rings. The third-order valence-electron chi connectivity index (χ3n) is 4.14. The highest BCUT2D eigenvalue weighted by Gasteiger charge is 2.38. The second kappa shape index (κ2) is 7.05. The van der Waals surface area contributed by atoms with Gasteiger partial charge in [0.25, 0.3) is 5.92 Å². The molecule has 3 rings (SSSR count). The van der Waals surface area contributed by atoms with Gasteiger partial charge in [-0.25, -0.2) is 23.1 Å². The van der Waals surface area contributed by atoms with Crippen molar-refractivity contribution >= 4 is 17.2 Å². The maximum atomic E-state index is 14.0. The average Bonchev–Trinajstić information content (AvgIpc) is 2.96. The molecule has 144 valence electrons. The van der Waals surface area contributed by atoms with E-state index in [-0.39, 0.29) is 47.5 Å². The van der Waals surface area contributed by atoms with Crippen LogP contribution in [0, 0.1) is 11.2 Å². The molecule has 0 atom stereocenters. The highest BCUT2D eigenvalue weighted by molar-refractivity contribution is 6.13. The van der Waals surface area contributed by atoms with Crippen molar-refractivity contribution in [3.8, 4) is 5.75 Å². The van der Waals surface area contributed by atoms with Gasteiger partial charge in [-0.05, 0) is 19.9 Å². The number of rotatable bonds is 5. The van der Waals surface area contributed by atoms with Gasteiger partial charge in [0, 0.05) is 36.3 Å². The van der Waals surface area contributed by atoms with Crippen LogP contribution in [0.15, 0.2) is 24.5 Å². The van der Waals surface area contributed by atoms with Crippen LogP contribution < -0.4 is 15.4 Å². The molecular weight excluding hydrogens is 359 g/mol. The number of benzene rings is 1. The number of ether oxygens (including phenoxy) is 1. The Morgan fingerprint density at radius 3 is 2.67 bits per heavy atom. The van der Waals surface area contributed by atoms with E-state index < -0.39 is 18.3 Å². The number of nitrogens with zero attached hydrogens (tertiary/aromatic N) is 3. The van der Waals surface area contributed by atoms with Gasteiger partial charge in [0.05, 0.1) is 24.1 Å². The molecule has 1 aromatic carbocycles. The van der Waals surface area contributed by atoms with Crippen molar-refractivity contribution in [3.63, 3.8) is 0 Å². The topological polar surface area (TPSA) is 88.1 Å². The molecule has 0 amide bonds. The fourth-order valence-electron chi connectivity index (χ4n) is 2.86. The molecular formula is C18H20F3N5O. The Hall–Kier alpha value is -2.84. The minimum Gasteiger partial charge on any atom is -0.488 e. The van der Waals surface area contributed by atoms with Crippen molar-refractivity contribution in [1.82, 2.24) is 9.97 Å². The SMILES string of the molecule is CC(C)Oc1cc(C(=N)c2cc(N3CCC(F)(F)C3)ncn2)c(N)cc1F. The third-order valence-corrected chi connectivity index (χ3v) is 4.14. The van der Waals surface area contributed by atoms with Crippen molar-refractivity contribution < 1.29 is 17.9 Å². The van der Waals surface area contributed by atoms with Crippen LogP contribution in [0.3, 0.4) is 0 Å². The molecule has 9 heteroatoms. The number of nitrogens with one attached hydrogen (secondary N) is 1.